The molecule has 2 aromatic heterocycles. The molecule has 2 N–H and O–H groups in total. The molecule has 0 unspecified atom stereocenters. The van der Waals surface area contributed by atoms with Gasteiger partial charge in [0, 0.05) is 19.7 Å². The van der Waals surface area contributed by atoms with Crippen molar-refractivity contribution in [3.8, 4) is 11.3 Å². The minimum absolute atomic E-state index is 0.120. The molecule has 0 saturated carbocycles. The van der Waals surface area contributed by atoms with E-state index in [0.717, 1.165) is 15.7 Å². The van der Waals surface area contributed by atoms with Crippen molar-refractivity contribution < 1.29 is 0 Å². The van der Waals surface area contributed by atoms with Crippen LogP contribution in [0.1, 0.15) is 5.56 Å². The molecule has 3 rings (SSSR count). The number of nitrogens with two attached hydrogens (primary N) is 1. The number of nitrogen functional groups attached to an aromatic ring is 1. The highest BCUT2D eigenvalue weighted by atomic mass is 16.2. The Balaban J connectivity index is 2.40. The summed E-state index contributed by atoms with van der Waals surface area (Å²) in [5, 5.41) is 0. The van der Waals surface area contributed by atoms with Crippen LogP contribution in [-0.4, -0.2) is 19.1 Å². The first-order valence-electron chi connectivity index (χ1n) is 6.70. The Labute approximate surface area is 125 Å². The fourth-order valence-corrected chi connectivity index (χ4v) is 2.30. The molecule has 0 aliphatic heterocycles. The Morgan fingerprint density at radius 1 is 1.00 bits per heavy atom. The van der Waals surface area contributed by atoms with Crippen LogP contribution in [0.4, 0.5) is 5.82 Å². The second-order valence-electron chi connectivity index (χ2n) is 5.20. The summed E-state index contributed by atoms with van der Waals surface area (Å²) >= 11 is 0. The fraction of sp³-hybridized carbons (Fsp3) is 0.200. The van der Waals surface area contributed by atoms with Crippen molar-refractivity contribution in [2.75, 3.05) is 5.73 Å². The summed E-state index contributed by atoms with van der Waals surface area (Å²) in [6.07, 6.45) is 0. The van der Waals surface area contributed by atoms with Crippen LogP contribution in [0.15, 0.2) is 33.9 Å². The lowest BCUT2D eigenvalue weighted by Crippen LogP contribution is -2.37. The van der Waals surface area contributed by atoms with E-state index >= 15 is 0 Å². The van der Waals surface area contributed by atoms with E-state index in [2.05, 4.69) is 9.97 Å². The third-order valence-electron chi connectivity index (χ3n) is 3.63. The highest BCUT2D eigenvalue weighted by molar-refractivity contribution is 5.79. The molecular weight excluding hydrogens is 282 g/mol. The number of hydrogen-bond acceptors (Lipinski definition) is 5. The first-order valence-corrected chi connectivity index (χ1v) is 6.70. The van der Waals surface area contributed by atoms with Gasteiger partial charge in [0.15, 0.2) is 17.0 Å². The van der Waals surface area contributed by atoms with Crippen molar-refractivity contribution in [2.45, 2.75) is 6.92 Å². The maximum Gasteiger partial charge on any atom is 0.332 e. The van der Waals surface area contributed by atoms with Crippen molar-refractivity contribution in [1.82, 2.24) is 19.1 Å². The average molecular weight is 297 g/mol. The van der Waals surface area contributed by atoms with Crippen LogP contribution < -0.4 is 17.0 Å². The molecule has 22 heavy (non-hydrogen) atoms. The standard InChI is InChI=1S/C15H15N5O2/c1-8-4-6-9(7-5-8)10-12(16)18-13-11(17-10)14(21)20(3)15(22)19(13)2/h4-7H,1-3H3,(H2,16,18). The smallest absolute Gasteiger partial charge is 0.332 e. The first-order chi connectivity index (χ1) is 10.4. The Hall–Kier alpha value is -2.96. The number of fused-ring (bicyclic) bond motifs is 1. The number of nitrogens with zero attached hydrogens (tertiary/aromatic N) is 4. The van der Waals surface area contributed by atoms with Crippen LogP contribution in [0.25, 0.3) is 22.4 Å². The van der Waals surface area contributed by atoms with Gasteiger partial charge in [-0.15, -0.1) is 0 Å². The zero-order valence-electron chi connectivity index (χ0n) is 12.5. The highest BCUT2D eigenvalue weighted by Crippen LogP contribution is 2.23. The van der Waals surface area contributed by atoms with Crippen molar-refractivity contribution in [2.24, 2.45) is 14.1 Å². The Kier molecular flexibility index (Phi) is 3.05. The lowest BCUT2D eigenvalue weighted by atomic mass is 10.1. The summed E-state index contributed by atoms with van der Waals surface area (Å²) in [4.78, 5) is 32.7. The Morgan fingerprint density at radius 2 is 1.64 bits per heavy atom. The molecular formula is C15H15N5O2. The summed E-state index contributed by atoms with van der Waals surface area (Å²) in [7, 11) is 2.94. The number of benzene rings is 1. The predicted molar refractivity (Wildman–Crippen MR) is 84.6 cm³/mol. The van der Waals surface area contributed by atoms with Crippen molar-refractivity contribution in [3.05, 3.63) is 50.7 Å². The Morgan fingerprint density at radius 3 is 2.27 bits per heavy atom. The number of aromatic nitrogens is 4. The topological polar surface area (TPSA) is 95.8 Å². The molecule has 0 atom stereocenters. The van der Waals surface area contributed by atoms with E-state index < -0.39 is 11.2 Å². The third-order valence-corrected chi connectivity index (χ3v) is 3.63. The van der Waals surface area contributed by atoms with Gasteiger partial charge in [-0.3, -0.25) is 13.9 Å². The van der Waals surface area contributed by atoms with E-state index in [0.29, 0.717) is 5.69 Å². The number of rotatable bonds is 1. The molecule has 3 aromatic rings. The van der Waals surface area contributed by atoms with Crippen molar-refractivity contribution in [3.63, 3.8) is 0 Å². The average Bonchev–Trinajstić information content (AvgIpc) is 2.51. The normalized spacial score (nSPS) is 11.0. The fourth-order valence-electron chi connectivity index (χ4n) is 2.30. The zero-order chi connectivity index (χ0) is 16.0. The predicted octanol–water partition coefficient (Wildman–Crippen LogP) is 0.585. The molecule has 7 heteroatoms. The summed E-state index contributed by atoms with van der Waals surface area (Å²) in [5.41, 5.74) is 7.63. The first kappa shape index (κ1) is 14.0. The van der Waals surface area contributed by atoms with E-state index in [1.807, 2.05) is 31.2 Å². The van der Waals surface area contributed by atoms with Gasteiger partial charge in [-0.1, -0.05) is 29.8 Å². The van der Waals surface area contributed by atoms with Crippen LogP contribution in [0.3, 0.4) is 0 Å². The van der Waals surface area contributed by atoms with E-state index in [4.69, 9.17) is 5.73 Å². The van der Waals surface area contributed by atoms with Crippen LogP contribution in [0.5, 0.6) is 0 Å². The molecule has 0 fully saturated rings. The Bertz CT molecular complexity index is 1000. The van der Waals surface area contributed by atoms with Crippen LogP contribution in [-0.2, 0) is 14.1 Å². The minimum Gasteiger partial charge on any atom is -0.382 e. The van der Waals surface area contributed by atoms with E-state index in [9.17, 15) is 9.59 Å². The van der Waals surface area contributed by atoms with Gasteiger partial charge < -0.3 is 5.73 Å². The summed E-state index contributed by atoms with van der Waals surface area (Å²) in [5.74, 6) is 0.180. The maximum absolute atomic E-state index is 12.3. The van der Waals surface area contributed by atoms with Crippen LogP contribution in [0, 0.1) is 6.92 Å². The largest absolute Gasteiger partial charge is 0.382 e. The molecule has 0 bridgehead atoms. The molecule has 2 heterocycles. The van der Waals surface area contributed by atoms with Gasteiger partial charge in [0.1, 0.15) is 5.69 Å². The SMILES string of the molecule is Cc1ccc(-c2nc3c(=O)n(C)c(=O)n(C)c3nc2N)cc1. The number of anilines is 1. The molecule has 0 aliphatic carbocycles. The lowest BCUT2D eigenvalue weighted by molar-refractivity contribution is 0.705. The molecule has 0 aliphatic rings. The minimum atomic E-state index is -0.487. The lowest BCUT2D eigenvalue weighted by Gasteiger charge is -2.10. The molecule has 112 valence electrons. The third kappa shape index (κ3) is 1.98. The summed E-state index contributed by atoms with van der Waals surface area (Å²) < 4.78 is 2.27. The van der Waals surface area contributed by atoms with Gasteiger partial charge in [0.25, 0.3) is 5.56 Å². The molecule has 7 nitrogen and oxygen atoms in total. The van der Waals surface area contributed by atoms with Gasteiger partial charge >= 0.3 is 5.69 Å². The van der Waals surface area contributed by atoms with Gasteiger partial charge in [-0.05, 0) is 6.92 Å². The second kappa shape index (κ2) is 4.80. The zero-order valence-corrected chi connectivity index (χ0v) is 12.5. The highest BCUT2D eigenvalue weighted by Gasteiger charge is 2.15. The van der Waals surface area contributed by atoms with Gasteiger partial charge in [-0.25, -0.2) is 14.8 Å². The number of hydrogen-bond donors (Lipinski definition) is 1. The van der Waals surface area contributed by atoms with Crippen LogP contribution in [0.2, 0.25) is 0 Å². The molecule has 0 saturated heterocycles. The van der Waals surface area contributed by atoms with Crippen LogP contribution >= 0.6 is 0 Å². The van der Waals surface area contributed by atoms with Crippen molar-refractivity contribution >= 4 is 17.0 Å². The second-order valence-corrected chi connectivity index (χ2v) is 5.20. The molecule has 0 spiro atoms. The monoisotopic (exact) mass is 297 g/mol. The van der Waals surface area contributed by atoms with E-state index in [-0.39, 0.29) is 17.0 Å². The molecule has 0 radical (unpaired) electrons. The van der Waals surface area contributed by atoms with Gasteiger partial charge in [-0.2, -0.15) is 0 Å². The summed E-state index contributed by atoms with van der Waals surface area (Å²) in [6.45, 7) is 1.98. The van der Waals surface area contributed by atoms with E-state index in [1.165, 1.54) is 18.7 Å². The van der Waals surface area contributed by atoms with Gasteiger partial charge in [0.05, 0.1) is 0 Å². The van der Waals surface area contributed by atoms with E-state index in [1.54, 1.807) is 0 Å². The molecule has 0 amide bonds. The van der Waals surface area contributed by atoms with Crippen molar-refractivity contribution in [1.29, 1.82) is 0 Å². The van der Waals surface area contributed by atoms with Gasteiger partial charge in [0.2, 0.25) is 0 Å². The quantitative estimate of drug-likeness (QED) is 0.709. The summed E-state index contributed by atoms with van der Waals surface area (Å²) in [6, 6.07) is 7.60. The number of aryl methyl sites for hydroxylation is 2. The maximum atomic E-state index is 12.3. The molecule has 1 aromatic carbocycles.